The predicted molar refractivity (Wildman–Crippen MR) is 437 cm³/mol. The van der Waals surface area contributed by atoms with Crippen LogP contribution in [0.5, 0.6) is 0 Å². The normalized spacial score (nSPS) is 13.8. The van der Waals surface area contributed by atoms with Crippen molar-refractivity contribution in [2.45, 2.75) is 484 Å². The molecule has 0 aliphatic heterocycles. The average molecular weight is 1550 g/mol. The van der Waals surface area contributed by atoms with Gasteiger partial charge >= 0.3 is 39.5 Å². The highest BCUT2D eigenvalue weighted by atomic mass is 31.2. The first-order valence-electron chi connectivity index (χ1n) is 45.0. The Kier molecular flexibility index (Phi) is 76.9. The number of phosphoric acid groups is 2. The second kappa shape index (κ2) is 78.3. The van der Waals surface area contributed by atoms with E-state index in [9.17, 15) is 43.2 Å². The Bertz CT molecular complexity index is 2030. The van der Waals surface area contributed by atoms with E-state index in [0.717, 1.165) is 102 Å². The molecule has 3 N–H and O–H groups in total. The Labute approximate surface area is 651 Å². The van der Waals surface area contributed by atoms with Gasteiger partial charge in [0.1, 0.15) is 19.3 Å². The summed E-state index contributed by atoms with van der Waals surface area (Å²) in [5.41, 5.74) is 0. The van der Waals surface area contributed by atoms with Gasteiger partial charge in [-0.15, -0.1) is 0 Å². The van der Waals surface area contributed by atoms with Gasteiger partial charge in [0, 0.05) is 25.7 Å². The summed E-state index contributed by atoms with van der Waals surface area (Å²) in [5, 5.41) is 10.7. The Balaban J connectivity index is 5.20. The summed E-state index contributed by atoms with van der Waals surface area (Å²) >= 11 is 0. The largest absolute Gasteiger partial charge is 0.472 e. The molecule has 0 saturated heterocycles. The molecule has 0 rings (SSSR count). The van der Waals surface area contributed by atoms with Gasteiger partial charge in [0.2, 0.25) is 0 Å². The van der Waals surface area contributed by atoms with Crippen LogP contribution in [0.3, 0.4) is 0 Å². The van der Waals surface area contributed by atoms with Crippen LogP contribution in [0.15, 0.2) is 0 Å². The molecule has 0 aromatic carbocycles. The number of carbonyl (C=O) groups is 4. The molecular weight excluding hydrogens is 1380 g/mol. The number of ether oxygens (including phenoxy) is 4. The minimum absolute atomic E-state index is 0.109. The zero-order chi connectivity index (χ0) is 77.8. The molecule has 2 unspecified atom stereocenters. The molecule has 0 aliphatic carbocycles. The van der Waals surface area contributed by atoms with E-state index < -0.39 is 97.5 Å². The van der Waals surface area contributed by atoms with Crippen molar-refractivity contribution in [1.82, 2.24) is 0 Å². The number of hydrogen-bond acceptors (Lipinski definition) is 15. The number of unbranched alkanes of at least 4 members (excludes halogenated alkanes) is 56. The first kappa shape index (κ1) is 104. The Morgan fingerprint density at radius 1 is 0.255 bits per heavy atom. The molecule has 0 bridgehead atoms. The van der Waals surface area contributed by atoms with Gasteiger partial charge in [-0.2, -0.15) is 0 Å². The van der Waals surface area contributed by atoms with Crippen LogP contribution < -0.4 is 0 Å². The van der Waals surface area contributed by atoms with Crippen LogP contribution in [0, 0.1) is 11.8 Å². The maximum atomic E-state index is 13.1. The van der Waals surface area contributed by atoms with Gasteiger partial charge in [0.25, 0.3) is 0 Å². The highest BCUT2D eigenvalue weighted by Gasteiger charge is 2.30. The quantitative estimate of drug-likeness (QED) is 0.0222. The third-order valence-electron chi connectivity index (χ3n) is 20.5. The molecule has 0 radical (unpaired) electrons. The first-order valence-corrected chi connectivity index (χ1v) is 48.0. The van der Waals surface area contributed by atoms with Crippen molar-refractivity contribution >= 4 is 39.5 Å². The molecule has 0 spiro atoms. The fourth-order valence-electron chi connectivity index (χ4n) is 13.6. The molecule has 106 heavy (non-hydrogen) atoms. The van der Waals surface area contributed by atoms with Crippen LogP contribution in [-0.2, 0) is 65.4 Å². The summed E-state index contributed by atoms with van der Waals surface area (Å²) in [7, 11) is -9.93. The van der Waals surface area contributed by atoms with Crippen molar-refractivity contribution in [2.75, 3.05) is 39.6 Å². The van der Waals surface area contributed by atoms with Gasteiger partial charge in [0.15, 0.2) is 12.2 Å². The smallest absolute Gasteiger partial charge is 0.462 e. The van der Waals surface area contributed by atoms with Gasteiger partial charge in [-0.1, -0.05) is 414 Å². The molecule has 19 heteroatoms. The number of aliphatic hydroxyl groups excluding tert-OH is 1. The topological polar surface area (TPSA) is 237 Å². The van der Waals surface area contributed by atoms with Crippen molar-refractivity contribution in [3.05, 3.63) is 0 Å². The summed E-state index contributed by atoms with van der Waals surface area (Å²) in [6.07, 6.45) is 70.9. The van der Waals surface area contributed by atoms with E-state index in [-0.39, 0.29) is 25.7 Å². The van der Waals surface area contributed by atoms with Crippen molar-refractivity contribution in [2.24, 2.45) is 11.8 Å². The number of hydrogen-bond donors (Lipinski definition) is 3. The summed E-state index contributed by atoms with van der Waals surface area (Å²) in [6, 6.07) is 0. The molecule has 0 heterocycles. The Morgan fingerprint density at radius 3 is 0.642 bits per heavy atom. The van der Waals surface area contributed by atoms with Gasteiger partial charge < -0.3 is 33.8 Å². The lowest BCUT2D eigenvalue weighted by Crippen LogP contribution is -2.30. The molecular formula is C87H170O17P2. The minimum atomic E-state index is -4.97. The van der Waals surface area contributed by atoms with E-state index in [1.807, 2.05) is 0 Å². The van der Waals surface area contributed by atoms with Gasteiger partial charge in [-0.05, 0) is 37.5 Å². The zero-order valence-corrected chi connectivity index (χ0v) is 71.5. The lowest BCUT2D eigenvalue weighted by atomic mass is 10.0. The van der Waals surface area contributed by atoms with E-state index in [4.69, 9.17) is 37.0 Å². The van der Waals surface area contributed by atoms with Gasteiger partial charge in [-0.25, -0.2) is 9.13 Å². The lowest BCUT2D eigenvalue weighted by molar-refractivity contribution is -0.161. The molecule has 0 aliphatic rings. The SMILES string of the molecule is CCCCCCCCCCCCCCCCCCCCCC(=O)O[C@H](COC(=O)CCCCCCCCCCC)COP(=O)(O)OC[C@H](O)COP(=O)(O)OC[C@@H](COC(=O)CCCCCCCCCCCCCCCCCCC(C)C)OC(=O)CCCCCCCCCCCCCCCCCCC(C)C. The zero-order valence-electron chi connectivity index (χ0n) is 69.7. The van der Waals surface area contributed by atoms with E-state index in [0.29, 0.717) is 25.7 Å². The number of carbonyl (C=O) groups excluding carboxylic acids is 4. The molecule has 0 aromatic heterocycles. The third kappa shape index (κ3) is 80.1. The summed E-state index contributed by atoms with van der Waals surface area (Å²) < 4.78 is 68.9. The number of aliphatic hydroxyl groups is 1. The standard InChI is InChI=1S/C87H170O17P2/c1-7-9-11-13-15-17-18-19-20-21-22-23-31-36-41-47-53-59-65-71-86(91)103-82(75-97-84(89)69-63-57-51-43-16-14-12-10-8-2)77-101-105(93,94)99-73-81(88)74-100-106(95,96)102-78-83(104-87(92)72-66-60-54-48-42-37-32-27-25-29-34-39-45-50-56-62-68-80(5)6)76-98-85(90)70-64-58-52-46-40-35-30-26-24-28-33-38-44-49-55-61-67-79(3)4/h79-83,88H,7-78H2,1-6H3,(H,93,94)(H,95,96)/t81-,82+,83+/m0/s1. The molecule has 0 aromatic rings. The molecule has 5 atom stereocenters. The highest BCUT2D eigenvalue weighted by molar-refractivity contribution is 7.47. The number of rotatable bonds is 86. The second-order valence-corrected chi connectivity index (χ2v) is 35.1. The van der Waals surface area contributed by atoms with Crippen molar-refractivity contribution in [1.29, 1.82) is 0 Å². The van der Waals surface area contributed by atoms with Crippen LogP contribution in [0.1, 0.15) is 465 Å². The summed E-state index contributed by atoms with van der Waals surface area (Å²) in [5.74, 6) is -0.480. The monoisotopic (exact) mass is 1550 g/mol. The van der Waals surface area contributed by atoms with Crippen LogP contribution >= 0.6 is 15.6 Å². The van der Waals surface area contributed by atoms with E-state index in [2.05, 4.69) is 41.5 Å². The van der Waals surface area contributed by atoms with Crippen molar-refractivity contribution in [3.8, 4) is 0 Å². The fourth-order valence-corrected chi connectivity index (χ4v) is 15.2. The number of esters is 4. The maximum Gasteiger partial charge on any atom is 0.472 e. The summed E-state index contributed by atoms with van der Waals surface area (Å²) in [4.78, 5) is 73.2. The minimum Gasteiger partial charge on any atom is -0.462 e. The third-order valence-corrected chi connectivity index (χ3v) is 22.4. The van der Waals surface area contributed by atoms with E-state index in [1.165, 1.54) is 283 Å². The second-order valence-electron chi connectivity index (χ2n) is 32.2. The van der Waals surface area contributed by atoms with Gasteiger partial charge in [0.05, 0.1) is 26.4 Å². The molecule has 0 saturated carbocycles. The first-order chi connectivity index (χ1) is 51.4. The predicted octanol–water partition coefficient (Wildman–Crippen LogP) is 26.6. The fraction of sp³-hybridized carbons (Fsp3) is 0.954. The average Bonchev–Trinajstić information content (AvgIpc) is 0.901. The molecule has 17 nitrogen and oxygen atoms in total. The molecule has 630 valence electrons. The van der Waals surface area contributed by atoms with Crippen molar-refractivity contribution in [3.63, 3.8) is 0 Å². The highest BCUT2D eigenvalue weighted by Crippen LogP contribution is 2.45. The van der Waals surface area contributed by atoms with Gasteiger partial charge in [-0.3, -0.25) is 37.3 Å². The van der Waals surface area contributed by atoms with Crippen molar-refractivity contribution < 1.29 is 80.2 Å². The van der Waals surface area contributed by atoms with E-state index >= 15 is 0 Å². The molecule has 0 amide bonds. The lowest BCUT2D eigenvalue weighted by Gasteiger charge is -2.21. The maximum absolute atomic E-state index is 13.1. The van der Waals surface area contributed by atoms with Crippen LogP contribution in [0.4, 0.5) is 0 Å². The van der Waals surface area contributed by atoms with Crippen LogP contribution in [-0.4, -0.2) is 96.7 Å². The van der Waals surface area contributed by atoms with Crippen LogP contribution in [0.2, 0.25) is 0 Å². The Morgan fingerprint density at radius 2 is 0.434 bits per heavy atom. The molecule has 0 fully saturated rings. The number of phosphoric ester groups is 2. The summed E-state index contributed by atoms with van der Waals surface area (Å²) in [6.45, 7) is 9.73. The van der Waals surface area contributed by atoms with Crippen LogP contribution in [0.25, 0.3) is 0 Å². The van der Waals surface area contributed by atoms with E-state index in [1.54, 1.807) is 0 Å². The Hall–Kier alpha value is -1.94.